The second kappa shape index (κ2) is 11.0. The minimum absolute atomic E-state index is 0.171. The lowest BCUT2D eigenvalue weighted by molar-refractivity contribution is -0.130. The summed E-state index contributed by atoms with van der Waals surface area (Å²) in [6.45, 7) is 13.7. The summed E-state index contributed by atoms with van der Waals surface area (Å²) < 4.78 is 0. The van der Waals surface area contributed by atoms with E-state index in [0.717, 1.165) is 36.3 Å². The summed E-state index contributed by atoms with van der Waals surface area (Å²) >= 11 is 1.68. The molecule has 0 bridgehead atoms. The number of guanidine groups is 1. The molecule has 136 valence electrons. The van der Waals surface area contributed by atoms with Crippen LogP contribution in [-0.2, 0) is 11.3 Å². The molecule has 1 heterocycles. The molecule has 6 nitrogen and oxygen atoms in total. The molecule has 0 radical (unpaired) electrons. The van der Waals surface area contributed by atoms with Gasteiger partial charge in [0.15, 0.2) is 5.96 Å². The molecule has 1 aromatic rings. The number of hydrogen-bond donors (Lipinski definition) is 2. The van der Waals surface area contributed by atoms with Crippen LogP contribution in [0.4, 0.5) is 0 Å². The Hall–Kier alpha value is -1.63. The van der Waals surface area contributed by atoms with Gasteiger partial charge in [-0.15, -0.1) is 11.3 Å². The normalized spacial score (nSPS) is 11.7. The minimum Gasteiger partial charge on any atom is -0.357 e. The van der Waals surface area contributed by atoms with Crippen molar-refractivity contribution < 1.29 is 4.79 Å². The summed E-state index contributed by atoms with van der Waals surface area (Å²) in [4.78, 5) is 23.0. The van der Waals surface area contributed by atoms with E-state index >= 15 is 0 Å². The van der Waals surface area contributed by atoms with Crippen LogP contribution in [0.25, 0.3) is 0 Å². The smallest absolute Gasteiger partial charge is 0.224 e. The number of hydrogen-bond acceptors (Lipinski definition) is 4. The van der Waals surface area contributed by atoms with Crippen molar-refractivity contribution in [3.63, 3.8) is 0 Å². The van der Waals surface area contributed by atoms with Crippen LogP contribution in [0.5, 0.6) is 0 Å². The topological polar surface area (TPSA) is 69.6 Å². The Morgan fingerprint density at radius 2 is 2.00 bits per heavy atom. The molecule has 1 aromatic heterocycles. The number of carbonyl (C=O) groups excluding carboxylic acids is 1. The molecule has 0 saturated heterocycles. The molecule has 0 saturated carbocycles. The van der Waals surface area contributed by atoms with Crippen molar-refractivity contribution in [3.05, 3.63) is 16.1 Å². The third kappa shape index (κ3) is 6.86. The van der Waals surface area contributed by atoms with Gasteiger partial charge >= 0.3 is 0 Å². The van der Waals surface area contributed by atoms with Gasteiger partial charge in [-0.3, -0.25) is 4.79 Å². The van der Waals surface area contributed by atoms with E-state index in [9.17, 15) is 4.79 Å². The van der Waals surface area contributed by atoms with Crippen LogP contribution in [-0.4, -0.2) is 47.9 Å². The van der Waals surface area contributed by atoms with Gasteiger partial charge in [0.25, 0.3) is 0 Å². The third-order valence-electron chi connectivity index (χ3n) is 3.55. The summed E-state index contributed by atoms with van der Waals surface area (Å²) in [5.74, 6) is 1.35. The largest absolute Gasteiger partial charge is 0.357 e. The number of aromatic nitrogens is 1. The second-order valence-corrected chi connectivity index (χ2v) is 6.66. The molecule has 1 amide bonds. The number of nitrogens with one attached hydrogen (secondary N) is 2. The fourth-order valence-corrected chi connectivity index (χ4v) is 3.01. The van der Waals surface area contributed by atoms with Crippen molar-refractivity contribution >= 4 is 23.2 Å². The first kappa shape index (κ1) is 20.4. The van der Waals surface area contributed by atoms with Crippen molar-refractivity contribution in [2.45, 2.75) is 53.5 Å². The maximum Gasteiger partial charge on any atom is 0.224 e. The molecule has 0 fully saturated rings. The van der Waals surface area contributed by atoms with Crippen LogP contribution in [0.1, 0.15) is 57.7 Å². The molecule has 0 spiro atoms. The lowest BCUT2D eigenvalue weighted by atomic mass is 10.2. The minimum atomic E-state index is 0.171. The number of thiazole rings is 1. The Labute approximate surface area is 149 Å². The zero-order valence-electron chi connectivity index (χ0n) is 15.6. The highest BCUT2D eigenvalue weighted by Crippen LogP contribution is 2.19. The van der Waals surface area contributed by atoms with Crippen molar-refractivity contribution in [1.82, 2.24) is 20.5 Å². The SMILES string of the molecule is CCNC(=NCc1csc(C(C)C)n1)NCCC(=O)N(CC)CC. The molecule has 7 heteroatoms. The first-order chi connectivity index (χ1) is 11.5. The van der Waals surface area contributed by atoms with E-state index in [2.05, 4.69) is 39.8 Å². The van der Waals surface area contributed by atoms with Gasteiger partial charge in [-0.25, -0.2) is 9.98 Å². The number of amides is 1. The summed E-state index contributed by atoms with van der Waals surface area (Å²) in [7, 11) is 0. The summed E-state index contributed by atoms with van der Waals surface area (Å²) in [6.07, 6.45) is 0.473. The highest BCUT2D eigenvalue weighted by atomic mass is 32.1. The number of rotatable bonds is 9. The zero-order valence-corrected chi connectivity index (χ0v) is 16.4. The average Bonchev–Trinajstić information content (AvgIpc) is 3.03. The Morgan fingerprint density at radius 3 is 2.54 bits per heavy atom. The van der Waals surface area contributed by atoms with Gasteiger partial charge in [0.05, 0.1) is 17.2 Å². The quantitative estimate of drug-likeness (QED) is 0.529. The maximum atomic E-state index is 12.0. The lowest BCUT2D eigenvalue weighted by Gasteiger charge is -2.19. The molecular weight excluding hydrogens is 322 g/mol. The lowest BCUT2D eigenvalue weighted by Crippen LogP contribution is -2.40. The van der Waals surface area contributed by atoms with Gasteiger partial charge in [-0.2, -0.15) is 0 Å². The molecule has 24 heavy (non-hydrogen) atoms. The summed E-state index contributed by atoms with van der Waals surface area (Å²) in [5.41, 5.74) is 0.986. The Bertz CT molecular complexity index is 523. The van der Waals surface area contributed by atoms with Crippen molar-refractivity contribution in [2.24, 2.45) is 4.99 Å². The van der Waals surface area contributed by atoms with Crippen LogP contribution in [0.2, 0.25) is 0 Å². The highest BCUT2D eigenvalue weighted by Gasteiger charge is 2.09. The first-order valence-electron chi connectivity index (χ1n) is 8.75. The Kier molecular flexibility index (Phi) is 9.37. The summed E-state index contributed by atoms with van der Waals surface area (Å²) in [5, 5.41) is 9.63. The number of nitrogens with zero attached hydrogens (tertiary/aromatic N) is 3. The van der Waals surface area contributed by atoms with E-state index in [4.69, 9.17) is 0 Å². The first-order valence-corrected chi connectivity index (χ1v) is 9.63. The molecule has 2 N–H and O–H groups in total. The predicted octanol–water partition coefficient (Wildman–Crippen LogP) is 2.58. The molecule has 0 unspecified atom stereocenters. The summed E-state index contributed by atoms with van der Waals surface area (Å²) in [6, 6.07) is 0. The Balaban J connectivity index is 2.51. The molecule has 0 aromatic carbocycles. The standard InChI is InChI=1S/C17H31N5OS/c1-6-18-17(19-10-9-15(23)22(7-2)8-3)20-11-14-12-24-16(21-14)13(4)5/h12-13H,6-11H2,1-5H3,(H2,18,19,20). The van der Waals surface area contributed by atoms with E-state index in [1.807, 2.05) is 25.7 Å². The van der Waals surface area contributed by atoms with Crippen molar-refractivity contribution in [2.75, 3.05) is 26.2 Å². The number of carbonyl (C=O) groups is 1. The third-order valence-corrected chi connectivity index (χ3v) is 4.75. The zero-order chi connectivity index (χ0) is 17.9. The molecule has 1 rings (SSSR count). The molecule has 0 atom stereocenters. The van der Waals surface area contributed by atoms with Gasteiger partial charge in [0.1, 0.15) is 0 Å². The van der Waals surface area contributed by atoms with Gasteiger partial charge in [-0.1, -0.05) is 13.8 Å². The average molecular weight is 354 g/mol. The fourth-order valence-electron chi connectivity index (χ4n) is 2.18. The molecule has 0 aliphatic carbocycles. The van der Waals surface area contributed by atoms with Gasteiger partial charge in [0, 0.05) is 43.9 Å². The van der Waals surface area contributed by atoms with E-state index in [0.29, 0.717) is 25.4 Å². The second-order valence-electron chi connectivity index (χ2n) is 5.77. The van der Waals surface area contributed by atoms with Crippen LogP contribution < -0.4 is 10.6 Å². The van der Waals surface area contributed by atoms with Gasteiger partial charge < -0.3 is 15.5 Å². The van der Waals surface area contributed by atoms with Gasteiger partial charge in [0.2, 0.25) is 5.91 Å². The Morgan fingerprint density at radius 1 is 1.29 bits per heavy atom. The van der Waals surface area contributed by atoms with E-state index in [1.165, 1.54) is 0 Å². The highest BCUT2D eigenvalue weighted by molar-refractivity contribution is 7.09. The predicted molar refractivity (Wildman–Crippen MR) is 102 cm³/mol. The fraction of sp³-hybridized carbons (Fsp3) is 0.706. The van der Waals surface area contributed by atoms with Gasteiger partial charge in [-0.05, 0) is 20.8 Å². The van der Waals surface area contributed by atoms with Crippen molar-refractivity contribution in [1.29, 1.82) is 0 Å². The molecular formula is C17H31N5OS. The van der Waals surface area contributed by atoms with E-state index < -0.39 is 0 Å². The van der Waals surface area contributed by atoms with Crippen LogP contribution >= 0.6 is 11.3 Å². The van der Waals surface area contributed by atoms with Crippen LogP contribution in [0.3, 0.4) is 0 Å². The number of aliphatic imine (C=N–C) groups is 1. The molecule has 0 aliphatic heterocycles. The molecule has 0 aliphatic rings. The maximum absolute atomic E-state index is 12.0. The monoisotopic (exact) mass is 353 g/mol. The van der Waals surface area contributed by atoms with Crippen LogP contribution in [0, 0.1) is 0 Å². The van der Waals surface area contributed by atoms with E-state index in [-0.39, 0.29) is 5.91 Å². The van der Waals surface area contributed by atoms with Crippen molar-refractivity contribution in [3.8, 4) is 0 Å². The van der Waals surface area contributed by atoms with Crippen LogP contribution in [0.15, 0.2) is 10.4 Å². The van der Waals surface area contributed by atoms with E-state index in [1.54, 1.807) is 11.3 Å².